The molecule has 2 nitrogen and oxygen atoms in total. The summed E-state index contributed by atoms with van der Waals surface area (Å²) >= 11 is 2.03. The van der Waals surface area contributed by atoms with Gasteiger partial charge in [0.1, 0.15) is 11.6 Å². The summed E-state index contributed by atoms with van der Waals surface area (Å²) in [5.74, 6) is 0.146. The lowest BCUT2D eigenvalue weighted by molar-refractivity contribution is 0.0906. The molecule has 2 fully saturated rings. The maximum Gasteiger partial charge on any atom is 0.166 e. The monoisotopic (exact) mass is 280 g/mol. The van der Waals surface area contributed by atoms with Crippen LogP contribution in [0.4, 0.5) is 4.39 Å². The minimum Gasteiger partial charge on any atom is -0.497 e. The Labute approximate surface area is 116 Å². The summed E-state index contributed by atoms with van der Waals surface area (Å²) in [4.78, 5) is 12.5. The zero-order valence-electron chi connectivity index (χ0n) is 10.9. The third kappa shape index (κ3) is 2.64. The van der Waals surface area contributed by atoms with Gasteiger partial charge < -0.3 is 4.74 Å². The number of methoxy groups -OCH3 is 1. The molecule has 1 aromatic carbocycles. The Balaban J connectivity index is 1.81. The van der Waals surface area contributed by atoms with Crippen LogP contribution in [0.2, 0.25) is 0 Å². The van der Waals surface area contributed by atoms with Crippen molar-refractivity contribution in [2.24, 2.45) is 5.92 Å². The quantitative estimate of drug-likeness (QED) is 0.790. The summed E-state index contributed by atoms with van der Waals surface area (Å²) < 4.78 is 18.5. The first-order chi connectivity index (χ1) is 9.15. The fraction of sp³-hybridized carbons (Fsp3) is 0.533. The van der Waals surface area contributed by atoms with Crippen LogP contribution in [0.15, 0.2) is 18.2 Å². The van der Waals surface area contributed by atoms with Gasteiger partial charge in [0, 0.05) is 28.0 Å². The number of ketones is 1. The molecule has 4 heteroatoms. The van der Waals surface area contributed by atoms with Gasteiger partial charge in [-0.15, -0.1) is 0 Å². The highest BCUT2D eigenvalue weighted by Gasteiger charge is 2.38. The smallest absolute Gasteiger partial charge is 0.166 e. The topological polar surface area (TPSA) is 26.3 Å². The molecule has 19 heavy (non-hydrogen) atoms. The second kappa shape index (κ2) is 5.16. The van der Waals surface area contributed by atoms with Crippen molar-refractivity contribution in [2.45, 2.75) is 36.2 Å². The molecular weight excluding hydrogens is 263 g/mol. The lowest BCUT2D eigenvalue weighted by Crippen LogP contribution is -2.24. The summed E-state index contributed by atoms with van der Waals surface area (Å²) in [5, 5.41) is 1.26. The van der Waals surface area contributed by atoms with Crippen LogP contribution >= 0.6 is 11.8 Å². The van der Waals surface area contributed by atoms with E-state index in [-0.39, 0.29) is 11.7 Å². The first-order valence-electron chi connectivity index (χ1n) is 6.70. The number of hydrogen-bond acceptors (Lipinski definition) is 3. The average Bonchev–Trinajstić information content (AvgIpc) is 2.75. The van der Waals surface area contributed by atoms with Crippen molar-refractivity contribution in [3.63, 3.8) is 0 Å². The van der Waals surface area contributed by atoms with Crippen molar-refractivity contribution >= 4 is 17.5 Å². The zero-order valence-corrected chi connectivity index (χ0v) is 11.7. The number of halogens is 1. The Morgan fingerprint density at radius 2 is 1.95 bits per heavy atom. The minimum absolute atomic E-state index is 0.0604. The number of thioether (sulfide) groups is 1. The molecular formula is C15H17FO2S. The van der Waals surface area contributed by atoms with Crippen molar-refractivity contribution in [1.82, 2.24) is 0 Å². The maximum atomic E-state index is 13.5. The van der Waals surface area contributed by atoms with Crippen molar-refractivity contribution in [1.29, 1.82) is 0 Å². The first kappa shape index (κ1) is 13.0. The molecule has 2 heterocycles. The van der Waals surface area contributed by atoms with Crippen LogP contribution in [-0.2, 0) is 0 Å². The van der Waals surface area contributed by atoms with Gasteiger partial charge in [-0.25, -0.2) is 4.39 Å². The average molecular weight is 280 g/mol. The van der Waals surface area contributed by atoms with Gasteiger partial charge in [-0.2, -0.15) is 11.8 Å². The molecule has 2 aliphatic rings. The SMILES string of the molecule is COc1cc(F)cc(C(=O)C2CC3CCC(C2)S3)c1. The van der Waals surface area contributed by atoms with Crippen LogP contribution in [0.25, 0.3) is 0 Å². The molecule has 102 valence electrons. The van der Waals surface area contributed by atoms with E-state index in [0.29, 0.717) is 21.8 Å². The van der Waals surface area contributed by atoms with Crippen LogP contribution in [0.5, 0.6) is 5.75 Å². The summed E-state index contributed by atoms with van der Waals surface area (Å²) in [6.45, 7) is 0. The predicted molar refractivity (Wildman–Crippen MR) is 74.4 cm³/mol. The van der Waals surface area contributed by atoms with E-state index in [2.05, 4.69) is 0 Å². The Kier molecular flexibility index (Phi) is 3.52. The summed E-state index contributed by atoms with van der Waals surface area (Å²) in [7, 11) is 1.49. The molecule has 2 aliphatic heterocycles. The molecule has 2 saturated heterocycles. The molecule has 2 bridgehead atoms. The molecule has 0 radical (unpaired) electrons. The minimum atomic E-state index is -0.407. The Morgan fingerprint density at radius 1 is 1.26 bits per heavy atom. The molecule has 0 spiro atoms. The number of benzene rings is 1. The standard InChI is InChI=1S/C15H17FO2S/c1-18-12-5-9(4-11(16)8-12)15(17)10-6-13-2-3-14(7-10)19-13/h4-5,8,10,13-14H,2-3,6-7H2,1H3. The number of rotatable bonds is 3. The Hall–Kier alpha value is -1.03. The fourth-order valence-corrected chi connectivity index (χ4v) is 4.91. The molecule has 1 aromatic rings. The van der Waals surface area contributed by atoms with E-state index < -0.39 is 5.82 Å². The van der Waals surface area contributed by atoms with Gasteiger partial charge in [0.15, 0.2) is 5.78 Å². The summed E-state index contributed by atoms with van der Waals surface area (Å²) in [6, 6.07) is 4.28. The normalized spacial score (nSPS) is 29.3. The molecule has 0 aromatic heterocycles. The molecule has 0 N–H and O–H groups in total. The molecule has 3 rings (SSSR count). The highest BCUT2D eigenvalue weighted by molar-refractivity contribution is 8.00. The van der Waals surface area contributed by atoms with Crippen LogP contribution < -0.4 is 4.74 Å². The van der Waals surface area contributed by atoms with Gasteiger partial charge in [-0.3, -0.25) is 4.79 Å². The second-order valence-electron chi connectivity index (χ2n) is 5.37. The van der Waals surface area contributed by atoms with Gasteiger partial charge >= 0.3 is 0 Å². The van der Waals surface area contributed by atoms with E-state index in [4.69, 9.17) is 4.74 Å². The number of carbonyl (C=O) groups is 1. The van der Waals surface area contributed by atoms with E-state index in [0.717, 1.165) is 12.8 Å². The Morgan fingerprint density at radius 3 is 2.58 bits per heavy atom. The molecule has 2 unspecified atom stereocenters. The predicted octanol–water partition coefficient (Wildman–Crippen LogP) is 3.69. The Bertz CT molecular complexity index is 491. The van der Waals surface area contributed by atoms with Crippen LogP contribution in [0, 0.1) is 11.7 Å². The highest BCUT2D eigenvalue weighted by Crippen LogP contribution is 2.46. The van der Waals surface area contributed by atoms with Crippen LogP contribution in [0.1, 0.15) is 36.0 Å². The van der Waals surface area contributed by atoms with Crippen LogP contribution in [-0.4, -0.2) is 23.4 Å². The van der Waals surface area contributed by atoms with E-state index in [1.165, 1.54) is 32.1 Å². The first-order valence-corrected chi connectivity index (χ1v) is 7.64. The third-order valence-corrected chi connectivity index (χ3v) is 5.68. The number of hydrogen-bond donors (Lipinski definition) is 0. The van der Waals surface area contributed by atoms with Crippen molar-refractivity contribution in [2.75, 3.05) is 7.11 Å². The van der Waals surface area contributed by atoms with Gasteiger partial charge in [-0.05, 0) is 37.8 Å². The number of ether oxygens (including phenoxy) is 1. The lowest BCUT2D eigenvalue weighted by atomic mass is 9.90. The van der Waals surface area contributed by atoms with Crippen molar-refractivity contribution < 1.29 is 13.9 Å². The van der Waals surface area contributed by atoms with Gasteiger partial charge in [0.25, 0.3) is 0 Å². The zero-order chi connectivity index (χ0) is 13.4. The fourth-order valence-electron chi connectivity index (χ4n) is 3.13. The molecule has 0 aliphatic carbocycles. The molecule has 2 atom stereocenters. The van der Waals surface area contributed by atoms with Gasteiger partial charge in [0.05, 0.1) is 7.11 Å². The number of Topliss-reactive ketones (excluding diaryl/α,β-unsaturated/α-hetero) is 1. The van der Waals surface area contributed by atoms with Gasteiger partial charge in [0.2, 0.25) is 0 Å². The number of fused-ring (bicyclic) bond motifs is 2. The van der Waals surface area contributed by atoms with Crippen molar-refractivity contribution in [3.05, 3.63) is 29.6 Å². The molecule has 0 amide bonds. The largest absolute Gasteiger partial charge is 0.497 e. The third-order valence-electron chi connectivity index (χ3n) is 4.05. The summed E-state index contributed by atoms with van der Waals surface area (Å²) in [6.07, 6.45) is 4.34. The van der Waals surface area contributed by atoms with E-state index >= 15 is 0 Å². The second-order valence-corrected chi connectivity index (χ2v) is 6.98. The maximum absolute atomic E-state index is 13.5. The van der Waals surface area contributed by atoms with E-state index in [1.54, 1.807) is 6.07 Å². The van der Waals surface area contributed by atoms with Gasteiger partial charge in [-0.1, -0.05) is 0 Å². The van der Waals surface area contributed by atoms with Crippen LogP contribution in [0.3, 0.4) is 0 Å². The molecule has 0 saturated carbocycles. The number of carbonyl (C=O) groups excluding carboxylic acids is 1. The van der Waals surface area contributed by atoms with Crippen molar-refractivity contribution in [3.8, 4) is 5.75 Å². The highest BCUT2D eigenvalue weighted by atomic mass is 32.2. The van der Waals surface area contributed by atoms with E-state index in [9.17, 15) is 9.18 Å². The van der Waals surface area contributed by atoms with E-state index in [1.807, 2.05) is 11.8 Å². The summed E-state index contributed by atoms with van der Waals surface area (Å²) in [5.41, 5.74) is 0.452. The lowest BCUT2D eigenvalue weighted by Gasteiger charge is -2.26.